The van der Waals surface area contributed by atoms with E-state index in [9.17, 15) is 23.3 Å². The largest absolute Gasteiger partial charge is 0.322 e. The predicted octanol–water partition coefficient (Wildman–Crippen LogP) is 4.12. The first-order chi connectivity index (χ1) is 15.2. The Balaban J connectivity index is 1.70. The Bertz CT molecular complexity index is 1310. The van der Waals surface area contributed by atoms with Crippen LogP contribution in [-0.2, 0) is 10.0 Å². The van der Waals surface area contributed by atoms with Crippen LogP contribution in [0, 0.1) is 17.0 Å². The van der Waals surface area contributed by atoms with Crippen molar-refractivity contribution in [3.05, 3.63) is 98.6 Å². The lowest BCUT2D eigenvalue weighted by atomic mass is 10.2. The maximum absolute atomic E-state index is 12.4. The lowest BCUT2D eigenvalue weighted by molar-refractivity contribution is -0.385. The van der Waals surface area contributed by atoms with Gasteiger partial charge < -0.3 is 5.32 Å². The third-order valence-electron chi connectivity index (χ3n) is 4.33. The summed E-state index contributed by atoms with van der Waals surface area (Å²) in [5.74, 6) is -0.336. The van der Waals surface area contributed by atoms with E-state index in [-0.39, 0.29) is 16.5 Å². The standard InChI is InChI=1S/C21H17ClN4O5S/c1-14-5-10-19(12-20(14)26(28)29)32(30,31)25-23-13-15-3-2-4-18(11-15)24-21(27)16-6-8-17(22)9-7-16/h2-13,25H,1H3,(H,24,27)/b23-13+. The summed E-state index contributed by atoms with van der Waals surface area (Å²) in [6.07, 6.45) is 1.25. The van der Waals surface area contributed by atoms with Crippen molar-refractivity contribution in [3.8, 4) is 0 Å². The molecule has 1 amide bonds. The van der Waals surface area contributed by atoms with Crippen molar-refractivity contribution in [1.82, 2.24) is 4.83 Å². The molecule has 0 fully saturated rings. The Morgan fingerprint density at radius 2 is 1.81 bits per heavy atom. The molecule has 0 heterocycles. The highest BCUT2D eigenvalue weighted by molar-refractivity contribution is 7.89. The van der Waals surface area contributed by atoms with E-state index in [2.05, 4.69) is 10.4 Å². The molecular formula is C21H17ClN4O5S. The van der Waals surface area contributed by atoms with Crippen LogP contribution in [0.1, 0.15) is 21.5 Å². The number of carbonyl (C=O) groups is 1. The Labute approximate surface area is 188 Å². The smallest absolute Gasteiger partial charge is 0.276 e. The van der Waals surface area contributed by atoms with Gasteiger partial charge in [-0.25, -0.2) is 4.83 Å². The number of rotatable bonds is 7. The summed E-state index contributed by atoms with van der Waals surface area (Å²) in [6, 6.07) is 16.6. The van der Waals surface area contributed by atoms with E-state index < -0.39 is 14.9 Å². The van der Waals surface area contributed by atoms with Crippen LogP contribution in [-0.4, -0.2) is 25.5 Å². The summed E-state index contributed by atoms with van der Waals surface area (Å²) in [5.41, 5.74) is 1.45. The number of aryl methyl sites for hydroxylation is 1. The lowest BCUT2D eigenvalue weighted by Crippen LogP contribution is -2.18. The van der Waals surface area contributed by atoms with Crippen LogP contribution >= 0.6 is 11.6 Å². The summed E-state index contributed by atoms with van der Waals surface area (Å²) >= 11 is 5.82. The molecule has 11 heteroatoms. The summed E-state index contributed by atoms with van der Waals surface area (Å²) in [6.45, 7) is 1.51. The van der Waals surface area contributed by atoms with Crippen molar-refractivity contribution >= 4 is 45.1 Å². The average Bonchev–Trinajstić information content (AvgIpc) is 2.74. The molecular weight excluding hydrogens is 456 g/mol. The Morgan fingerprint density at radius 3 is 2.50 bits per heavy atom. The lowest BCUT2D eigenvalue weighted by Gasteiger charge is -2.07. The SMILES string of the molecule is Cc1ccc(S(=O)(=O)N/N=C/c2cccc(NC(=O)c3ccc(Cl)cc3)c2)cc1[N+](=O)[O-]. The second kappa shape index (κ2) is 9.58. The van der Waals surface area contributed by atoms with Gasteiger partial charge in [0.2, 0.25) is 0 Å². The molecule has 3 aromatic carbocycles. The molecule has 164 valence electrons. The molecule has 0 atom stereocenters. The van der Waals surface area contributed by atoms with E-state index in [1.807, 2.05) is 4.83 Å². The third-order valence-corrected chi connectivity index (χ3v) is 5.80. The molecule has 2 N–H and O–H groups in total. The van der Waals surface area contributed by atoms with Gasteiger partial charge in [0.1, 0.15) is 0 Å². The molecule has 0 aliphatic heterocycles. The maximum atomic E-state index is 12.4. The van der Waals surface area contributed by atoms with Crippen molar-refractivity contribution < 1.29 is 18.1 Å². The number of hydrogen-bond donors (Lipinski definition) is 2. The van der Waals surface area contributed by atoms with E-state index in [1.165, 1.54) is 25.3 Å². The quantitative estimate of drug-likeness (QED) is 0.303. The van der Waals surface area contributed by atoms with Gasteiger partial charge in [-0.3, -0.25) is 14.9 Å². The van der Waals surface area contributed by atoms with Crippen molar-refractivity contribution in [2.24, 2.45) is 5.10 Å². The fourth-order valence-electron chi connectivity index (χ4n) is 2.68. The van der Waals surface area contributed by atoms with Crippen LogP contribution < -0.4 is 10.1 Å². The van der Waals surface area contributed by atoms with Crippen LogP contribution in [0.15, 0.2) is 76.7 Å². The normalized spacial score (nSPS) is 11.3. The minimum atomic E-state index is -4.10. The highest BCUT2D eigenvalue weighted by atomic mass is 35.5. The van der Waals surface area contributed by atoms with E-state index >= 15 is 0 Å². The Hall–Kier alpha value is -3.76. The van der Waals surface area contributed by atoms with Gasteiger partial charge in [0.25, 0.3) is 21.6 Å². The number of nitrogens with one attached hydrogen (secondary N) is 2. The zero-order chi connectivity index (χ0) is 23.3. The summed E-state index contributed by atoms with van der Waals surface area (Å²) in [4.78, 5) is 24.4. The zero-order valence-corrected chi connectivity index (χ0v) is 18.2. The molecule has 0 saturated carbocycles. The summed E-state index contributed by atoms with van der Waals surface area (Å²) < 4.78 is 24.8. The molecule has 0 aliphatic rings. The number of hydrogen-bond acceptors (Lipinski definition) is 6. The molecule has 0 saturated heterocycles. The van der Waals surface area contributed by atoms with Gasteiger partial charge in [-0.1, -0.05) is 29.8 Å². The van der Waals surface area contributed by atoms with Crippen LogP contribution in [0.2, 0.25) is 5.02 Å². The minimum absolute atomic E-state index is 0.282. The topological polar surface area (TPSA) is 131 Å². The zero-order valence-electron chi connectivity index (χ0n) is 16.7. The van der Waals surface area contributed by atoms with E-state index in [0.717, 1.165) is 6.07 Å². The van der Waals surface area contributed by atoms with Gasteiger partial charge in [-0.2, -0.15) is 13.5 Å². The van der Waals surface area contributed by atoms with Crippen molar-refractivity contribution in [2.75, 3.05) is 5.32 Å². The highest BCUT2D eigenvalue weighted by Crippen LogP contribution is 2.22. The third kappa shape index (κ3) is 5.68. The molecule has 32 heavy (non-hydrogen) atoms. The summed E-state index contributed by atoms with van der Waals surface area (Å²) in [7, 11) is -4.10. The maximum Gasteiger partial charge on any atom is 0.276 e. The fourth-order valence-corrected chi connectivity index (χ4v) is 3.61. The van der Waals surface area contributed by atoms with E-state index in [4.69, 9.17) is 11.6 Å². The second-order valence-electron chi connectivity index (χ2n) is 6.64. The van der Waals surface area contributed by atoms with Crippen LogP contribution in [0.25, 0.3) is 0 Å². The van der Waals surface area contributed by atoms with Crippen molar-refractivity contribution in [3.63, 3.8) is 0 Å². The van der Waals surface area contributed by atoms with Gasteiger partial charge >= 0.3 is 0 Å². The molecule has 0 spiro atoms. The minimum Gasteiger partial charge on any atom is -0.322 e. The number of nitro groups is 1. The van der Waals surface area contributed by atoms with Gasteiger partial charge in [0.05, 0.1) is 16.0 Å². The number of amides is 1. The molecule has 9 nitrogen and oxygen atoms in total. The number of nitro benzene ring substituents is 1. The first-order valence-corrected chi connectivity index (χ1v) is 11.0. The van der Waals surface area contributed by atoms with Crippen molar-refractivity contribution in [2.45, 2.75) is 11.8 Å². The van der Waals surface area contributed by atoms with Crippen molar-refractivity contribution in [1.29, 1.82) is 0 Å². The molecule has 0 radical (unpaired) electrons. The predicted molar refractivity (Wildman–Crippen MR) is 122 cm³/mol. The summed E-state index contributed by atoms with van der Waals surface area (Å²) in [5, 5.41) is 18.0. The second-order valence-corrected chi connectivity index (χ2v) is 8.74. The molecule has 0 bridgehead atoms. The Kier molecular flexibility index (Phi) is 6.86. The van der Waals surface area contributed by atoms with Crippen LogP contribution in [0.5, 0.6) is 0 Å². The van der Waals surface area contributed by atoms with Gasteiger partial charge in [0.15, 0.2) is 0 Å². The first-order valence-electron chi connectivity index (χ1n) is 9.12. The number of halogens is 1. The number of nitrogens with zero attached hydrogens (tertiary/aromatic N) is 2. The van der Waals surface area contributed by atoms with Gasteiger partial charge in [-0.05, 0) is 55.0 Å². The molecule has 0 aromatic heterocycles. The monoisotopic (exact) mass is 472 g/mol. The Morgan fingerprint density at radius 1 is 1.09 bits per heavy atom. The van der Waals surface area contributed by atoms with Crippen LogP contribution in [0.4, 0.5) is 11.4 Å². The molecule has 0 aliphatic carbocycles. The molecule has 3 aromatic rings. The number of hydrazone groups is 1. The fraction of sp³-hybridized carbons (Fsp3) is 0.0476. The number of carbonyl (C=O) groups excluding carboxylic acids is 1. The van der Waals surface area contributed by atoms with Crippen LogP contribution in [0.3, 0.4) is 0 Å². The number of sulfonamides is 1. The number of anilines is 1. The van der Waals surface area contributed by atoms with Gasteiger partial charge in [-0.15, -0.1) is 0 Å². The number of benzene rings is 3. The van der Waals surface area contributed by atoms with Gasteiger partial charge in [0, 0.05) is 27.9 Å². The first kappa shape index (κ1) is 22.9. The molecule has 0 unspecified atom stereocenters. The molecule has 3 rings (SSSR count). The van der Waals surface area contributed by atoms with E-state index in [0.29, 0.717) is 27.4 Å². The average molecular weight is 473 g/mol. The highest BCUT2D eigenvalue weighted by Gasteiger charge is 2.19. The van der Waals surface area contributed by atoms with E-state index in [1.54, 1.807) is 48.5 Å².